The molecular weight excluding hydrogens is 250 g/mol. The fraction of sp³-hybridized carbons (Fsp3) is 0.438. The molecule has 0 fully saturated rings. The van der Waals surface area contributed by atoms with Gasteiger partial charge in [0.05, 0.1) is 12.8 Å². The maximum atomic E-state index is 5.17. The number of likely N-dealkylation sites (N-methyl/N-ethyl adjacent to an activating group) is 1. The Morgan fingerprint density at radius 1 is 1.25 bits per heavy atom. The summed E-state index contributed by atoms with van der Waals surface area (Å²) in [4.78, 5) is 0. The summed E-state index contributed by atoms with van der Waals surface area (Å²) in [6.45, 7) is 0. The Labute approximate surface area is 120 Å². The van der Waals surface area contributed by atoms with Crippen LogP contribution in [0.2, 0.25) is 0 Å². The summed E-state index contributed by atoms with van der Waals surface area (Å²) < 4.78 is 7.03. The Morgan fingerprint density at radius 2 is 2.00 bits per heavy atom. The number of hydrogen-bond donors (Lipinski definition) is 1. The van der Waals surface area contributed by atoms with E-state index in [2.05, 4.69) is 28.6 Å². The van der Waals surface area contributed by atoms with Gasteiger partial charge in [0.15, 0.2) is 0 Å². The number of hydrogen-bond acceptors (Lipinski definition) is 3. The molecule has 0 amide bonds. The Hall–Kier alpha value is -1.81. The minimum Gasteiger partial charge on any atom is -0.497 e. The number of ether oxygens (including phenoxy) is 1. The molecule has 108 valence electrons. The van der Waals surface area contributed by atoms with Crippen molar-refractivity contribution in [2.45, 2.75) is 25.3 Å². The molecular formula is C16H23N3O. The zero-order chi connectivity index (χ0) is 14.4. The highest BCUT2D eigenvalue weighted by atomic mass is 16.5. The van der Waals surface area contributed by atoms with Crippen LogP contribution in [0.1, 0.15) is 17.7 Å². The van der Waals surface area contributed by atoms with Crippen molar-refractivity contribution >= 4 is 0 Å². The molecule has 0 aliphatic heterocycles. The fourth-order valence-electron chi connectivity index (χ4n) is 2.31. The summed E-state index contributed by atoms with van der Waals surface area (Å²) >= 11 is 0. The molecule has 0 aliphatic rings. The molecule has 2 aromatic rings. The third kappa shape index (κ3) is 4.10. The first-order valence-electron chi connectivity index (χ1n) is 7.00. The second-order valence-electron chi connectivity index (χ2n) is 5.06. The second kappa shape index (κ2) is 7.10. The van der Waals surface area contributed by atoms with E-state index in [0.717, 1.165) is 30.7 Å². The average Bonchev–Trinajstić information content (AvgIpc) is 2.89. The zero-order valence-corrected chi connectivity index (χ0v) is 12.5. The van der Waals surface area contributed by atoms with Gasteiger partial charge in [-0.1, -0.05) is 12.1 Å². The van der Waals surface area contributed by atoms with Crippen molar-refractivity contribution in [3.63, 3.8) is 0 Å². The Kier molecular flexibility index (Phi) is 5.18. The first-order chi connectivity index (χ1) is 9.71. The van der Waals surface area contributed by atoms with Crippen LogP contribution < -0.4 is 10.1 Å². The molecule has 0 radical (unpaired) electrons. The van der Waals surface area contributed by atoms with E-state index >= 15 is 0 Å². The predicted octanol–water partition coefficient (Wildman–Crippen LogP) is 2.19. The first-order valence-corrected chi connectivity index (χ1v) is 7.00. The van der Waals surface area contributed by atoms with Crippen molar-refractivity contribution in [2.75, 3.05) is 14.2 Å². The van der Waals surface area contributed by atoms with Gasteiger partial charge < -0.3 is 10.1 Å². The molecule has 0 spiro atoms. The van der Waals surface area contributed by atoms with Crippen molar-refractivity contribution < 1.29 is 4.74 Å². The van der Waals surface area contributed by atoms with Gasteiger partial charge in [-0.15, -0.1) is 0 Å². The predicted molar refractivity (Wildman–Crippen MR) is 81.1 cm³/mol. The molecule has 0 bridgehead atoms. The largest absolute Gasteiger partial charge is 0.497 e. The van der Waals surface area contributed by atoms with Crippen LogP contribution in [-0.2, 0) is 19.9 Å². The van der Waals surface area contributed by atoms with E-state index in [4.69, 9.17) is 4.74 Å². The summed E-state index contributed by atoms with van der Waals surface area (Å²) in [5.41, 5.74) is 2.48. The maximum Gasteiger partial charge on any atom is 0.118 e. The number of nitrogens with zero attached hydrogens (tertiary/aromatic N) is 2. The van der Waals surface area contributed by atoms with E-state index in [1.54, 1.807) is 7.11 Å². The third-order valence-corrected chi connectivity index (χ3v) is 3.57. The lowest BCUT2D eigenvalue weighted by Crippen LogP contribution is -2.28. The second-order valence-corrected chi connectivity index (χ2v) is 5.06. The van der Waals surface area contributed by atoms with Crippen LogP contribution in [-0.4, -0.2) is 30.0 Å². The number of methoxy groups -OCH3 is 1. The quantitative estimate of drug-likeness (QED) is 0.840. The smallest absolute Gasteiger partial charge is 0.118 e. The summed E-state index contributed by atoms with van der Waals surface area (Å²) in [5.74, 6) is 0.910. The van der Waals surface area contributed by atoms with Gasteiger partial charge in [-0.3, -0.25) is 4.68 Å². The molecule has 0 aliphatic carbocycles. The molecule has 0 saturated heterocycles. The van der Waals surface area contributed by atoms with E-state index in [-0.39, 0.29) is 0 Å². The number of nitrogens with one attached hydrogen (secondary N) is 1. The fourth-order valence-corrected chi connectivity index (χ4v) is 2.31. The average molecular weight is 273 g/mol. The Morgan fingerprint density at radius 3 is 2.55 bits per heavy atom. The topological polar surface area (TPSA) is 39.1 Å². The van der Waals surface area contributed by atoms with Crippen LogP contribution >= 0.6 is 0 Å². The highest BCUT2D eigenvalue weighted by Gasteiger charge is 2.09. The summed E-state index contributed by atoms with van der Waals surface area (Å²) in [6, 6.07) is 10.8. The number of aromatic nitrogens is 2. The van der Waals surface area contributed by atoms with Crippen molar-refractivity contribution in [1.29, 1.82) is 0 Å². The number of benzene rings is 1. The van der Waals surface area contributed by atoms with E-state index in [0.29, 0.717) is 6.04 Å². The first kappa shape index (κ1) is 14.6. The van der Waals surface area contributed by atoms with Crippen LogP contribution in [0.25, 0.3) is 0 Å². The van der Waals surface area contributed by atoms with Gasteiger partial charge in [0, 0.05) is 25.7 Å². The summed E-state index contributed by atoms with van der Waals surface area (Å²) in [6.07, 6.45) is 5.11. The lowest BCUT2D eigenvalue weighted by Gasteiger charge is -2.15. The molecule has 1 N–H and O–H groups in total. The van der Waals surface area contributed by atoms with Gasteiger partial charge in [-0.05, 0) is 43.7 Å². The molecule has 0 saturated carbocycles. The highest BCUT2D eigenvalue weighted by Crippen LogP contribution is 2.14. The van der Waals surface area contributed by atoms with Crippen LogP contribution in [0, 0.1) is 0 Å². The molecule has 4 heteroatoms. The summed E-state index contributed by atoms with van der Waals surface area (Å²) in [5, 5.41) is 7.81. The van der Waals surface area contributed by atoms with E-state index in [1.165, 1.54) is 5.56 Å². The SMILES string of the molecule is CNC(CCc1ccc(OC)cc1)Cc1ccn(C)n1. The van der Waals surface area contributed by atoms with Crippen LogP contribution in [0.3, 0.4) is 0 Å². The van der Waals surface area contributed by atoms with Crippen molar-refractivity contribution in [3.8, 4) is 5.75 Å². The van der Waals surface area contributed by atoms with Crippen LogP contribution in [0.15, 0.2) is 36.5 Å². The molecule has 1 aromatic carbocycles. The van der Waals surface area contributed by atoms with Crippen molar-refractivity contribution in [2.24, 2.45) is 7.05 Å². The minimum absolute atomic E-state index is 0.451. The Bertz CT molecular complexity index is 519. The van der Waals surface area contributed by atoms with E-state index in [9.17, 15) is 0 Å². The molecule has 1 unspecified atom stereocenters. The minimum atomic E-state index is 0.451. The summed E-state index contributed by atoms with van der Waals surface area (Å²) in [7, 11) is 5.66. The number of rotatable bonds is 7. The van der Waals surface area contributed by atoms with Crippen LogP contribution in [0.5, 0.6) is 5.75 Å². The zero-order valence-electron chi connectivity index (χ0n) is 12.5. The van der Waals surface area contributed by atoms with Gasteiger partial charge in [0.1, 0.15) is 5.75 Å². The molecule has 1 heterocycles. The van der Waals surface area contributed by atoms with Gasteiger partial charge in [-0.25, -0.2) is 0 Å². The monoisotopic (exact) mass is 273 g/mol. The standard InChI is InChI=1S/C16H23N3O/c1-17-14(12-15-10-11-19(2)18-15)7-4-13-5-8-16(20-3)9-6-13/h5-6,8-11,14,17H,4,7,12H2,1-3H3. The third-order valence-electron chi connectivity index (χ3n) is 3.57. The number of aryl methyl sites for hydroxylation is 2. The lowest BCUT2D eigenvalue weighted by atomic mass is 10.0. The lowest BCUT2D eigenvalue weighted by molar-refractivity contribution is 0.414. The molecule has 1 aromatic heterocycles. The normalized spacial score (nSPS) is 12.3. The molecule has 2 rings (SSSR count). The van der Waals surface area contributed by atoms with E-state index < -0.39 is 0 Å². The maximum absolute atomic E-state index is 5.17. The molecule has 20 heavy (non-hydrogen) atoms. The van der Waals surface area contributed by atoms with Crippen LogP contribution in [0.4, 0.5) is 0 Å². The van der Waals surface area contributed by atoms with Crippen molar-refractivity contribution in [3.05, 3.63) is 47.8 Å². The Balaban J connectivity index is 1.86. The van der Waals surface area contributed by atoms with Gasteiger partial charge in [-0.2, -0.15) is 5.10 Å². The van der Waals surface area contributed by atoms with Crippen molar-refractivity contribution in [1.82, 2.24) is 15.1 Å². The van der Waals surface area contributed by atoms with Gasteiger partial charge in [0.2, 0.25) is 0 Å². The molecule has 1 atom stereocenters. The van der Waals surface area contributed by atoms with E-state index in [1.807, 2.05) is 37.1 Å². The molecule has 4 nitrogen and oxygen atoms in total. The van der Waals surface area contributed by atoms with Gasteiger partial charge >= 0.3 is 0 Å². The highest BCUT2D eigenvalue weighted by molar-refractivity contribution is 5.27. The van der Waals surface area contributed by atoms with Gasteiger partial charge in [0.25, 0.3) is 0 Å².